The maximum absolute atomic E-state index is 3.51. The Bertz CT molecular complexity index is 520. The van der Waals surface area contributed by atoms with Gasteiger partial charge in [0, 0.05) is 27.7 Å². The molecule has 0 unspecified atom stereocenters. The van der Waals surface area contributed by atoms with Crippen molar-refractivity contribution in [3.8, 4) is 0 Å². The van der Waals surface area contributed by atoms with Crippen molar-refractivity contribution >= 4 is 85.3 Å². The van der Waals surface area contributed by atoms with Crippen LogP contribution in [-0.2, 0) is 0 Å². The summed E-state index contributed by atoms with van der Waals surface area (Å²) >= 11 is 14.0. The van der Waals surface area contributed by atoms with Crippen LogP contribution in [0.1, 0.15) is 0 Å². The average molecular weight is 534 g/mol. The van der Waals surface area contributed by atoms with E-state index in [-0.39, 0.29) is 0 Å². The number of rotatable bonds is 3. The third-order valence-electron chi connectivity index (χ3n) is 2.02. The van der Waals surface area contributed by atoms with E-state index < -0.39 is 0 Å². The van der Waals surface area contributed by atoms with Crippen LogP contribution in [0.5, 0.6) is 0 Å². The fraction of sp³-hybridized carbons (Fsp3) is 0. The summed E-state index contributed by atoms with van der Waals surface area (Å²) in [7, 11) is 3.48. The van der Waals surface area contributed by atoms with E-state index in [0.717, 1.165) is 17.9 Å². The Morgan fingerprint density at radius 1 is 0.556 bits per heavy atom. The van der Waals surface area contributed by atoms with Gasteiger partial charge in [-0.05, 0) is 100 Å². The van der Waals surface area contributed by atoms with E-state index in [4.69, 9.17) is 0 Å². The molecule has 94 valence electrons. The Kier molecular flexibility index (Phi) is 6.16. The lowest BCUT2D eigenvalue weighted by Crippen LogP contribution is -1.74. The Morgan fingerprint density at radius 2 is 0.944 bits per heavy atom. The van der Waals surface area contributed by atoms with Gasteiger partial charge < -0.3 is 0 Å². The highest BCUT2D eigenvalue weighted by atomic mass is 79.9. The highest BCUT2D eigenvalue weighted by Crippen LogP contribution is 2.41. The minimum absolute atomic E-state index is 1.07. The minimum atomic E-state index is 1.07. The number of hydrogen-bond donors (Lipinski definition) is 0. The molecule has 0 nitrogen and oxygen atoms in total. The second-order valence-electron chi connectivity index (χ2n) is 3.32. The Labute approximate surface area is 148 Å². The summed E-state index contributed by atoms with van der Waals surface area (Å²) in [5, 5.41) is 0. The van der Waals surface area contributed by atoms with Crippen molar-refractivity contribution in [3.63, 3.8) is 0 Å². The smallest absolute Gasteiger partial charge is 0.0328 e. The first kappa shape index (κ1) is 15.4. The summed E-state index contributed by atoms with van der Waals surface area (Å²) in [6, 6.07) is 12.5. The molecule has 0 bridgehead atoms. The van der Waals surface area contributed by atoms with Crippen LogP contribution in [0.25, 0.3) is 0 Å². The van der Waals surface area contributed by atoms with E-state index in [1.165, 1.54) is 9.79 Å². The highest BCUT2D eigenvalue weighted by molar-refractivity contribution is 9.13. The maximum atomic E-state index is 3.51. The summed E-state index contributed by atoms with van der Waals surface area (Å²) in [5.41, 5.74) is 0. The van der Waals surface area contributed by atoms with E-state index in [1.807, 2.05) is 12.1 Å². The molecule has 0 heterocycles. The number of benzene rings is 2. The van der Waals surface area contributed by atoms with Crippen LogP contribution in [0.2, 0.25) is 0 Å². The lowest BCUT2D eigenvalue weighted by Gasteiger charge is -2.04. The standard InChI is InChI=1S/C12H6Br4S2/c13-9-3-1-7(5-11(9)15)17-18-8-2-4-10(14)12(16)6-8/h1-6H. The molecule has 2 rings (SSSR count). The van der Waals surface area contributed by atoms with E-state index in [0.29, 0.717) is 0 Å². The van der Waals surface area contributed by atoms with Crippen LogP contribution in [0, 0.1) is 0 Å². The van der Waals surface area contributed by atoms with Crippen LogP contribution < -0.4 is 0 Å². The summed E-state index contributed by atoms with van der Waals surface area (Å²) in [5.74, 6) is 0. The van der Waals surface area contributed by atoms with Crippen molar-refractivity contribution in [2.45, 2.75) is 9.79 Å². The predicted molar refractivity (Wildman–Crippen MR) is 95.4 cm³/mol. The molecule has 0 saturated carbocycles. The molecule has 6 heteroatoms. The molecule has 0 amide bonds. The summed E-state index contributed by atoms with van der Waals surface area (Å²) in [6.07, 6.45) is 0. The zero-order valence-electron chi connectivity index (χ0n) is 8.79. The molecule has 0 N–H and O–H groups in total. The fourth-order valence-corrected chi connectivity index (χ4v) is 4.68. The van der Waals surface area contributed by atoms with E-state index >= 15 is 0 Å². The van der Waals surface area contributed by atoms with E-state index in [9.17, 15) is 0 Å². The van der Waals surface area contributed by atoms with Gasteiger partial charge in [0.25, 0.3) is 0 Å². The average Bonchev–Trinajstić information content (AvgIpc) is 2.35. The summed E-state index contributed by atoms with van der Waals surface area (Å²) in [4.78, 5) is 2.43. The largest absolute Gasteiger partial charge is 0.0525 e. The molecule has 2 aromatic rings. The molecule has 18 heavy (non-hydrogen) atoms. The van der Waals surface area contributed by atoms with Crippen LogP contribution in [0.4, 0.5) is 0 Å². The number of hydrogen-bond acceptors (Lipinski definition) is 2. The molecular formula is C12H6Br4S2. The molecule has 0 atom stereocenters. The zero-order chi connectivity index (χ0) is 13.1. The molecule has 0 radical (unpaired) electrons. The van der Waals surface area contributed by atoms with Crippen molar-refractivity contribution in [2.24, 2.45) is 0 Å². The Hall–Kier alpha value is 1.06. The van der Waals surface area contributed by atoms with Crippen LogP contribution in [0.3, 0.4) is 0 Å². The first-order valence-electron chi connectivity index (χ1n) is 4.81. The van der Waals surface area contributed by atoms with Crippen molar-refractivity contribution < 1.29 is 0 Å². The molecule has 0 aliphatic carbocycles. The van der Waals surface area contributed by atoms with Crippen LogP contribution >= 0.6 is 85.3 Å². The SMILES string of the molecule is Brc1ccc(SSc2ccc(Br)c(Br)c2)cc1Br. The molecule has 0 spiro atoms. The van der Waals surface area contributed by atoms with Crippen LogP contribution in [0.15, 0.2) is 64.1 Å². The van der Waals surface area contributed by atoms with Gasteiger partial charge in [0.05, 0.1) is 0 Å². The topological polar surface area (TPSA) is 0 Å². The minimum Gasteiger partial charge on any atom is -0.0525 e. The third kappa shape index (κ3) is 4.28. The van der Waals surface area contributed by atoms with Gasteiger partial charge in [0.1, 0.15) is 0 Å². The lowest BCUT2D eigenvalue weighted by molar-refractivity contribution is 1.41. The Balaban J connectivity index is 2.06. The van der Waals surface area contributed by atoms with E-state index in [1.54, 1.807) is 21.6 Å². The van der Waals surface area contributed by atoms with Gasteiger partial charge >= 0.3 is 0 Å². The molecule has 0 aromatic heterocycles. The predicted octanol–water partition coefficient (Wildman–Crippen LogP) is 7.54. The first-order valence-corrected chi connectivity index (χ1v) is 10.1. The normalized spacial score (nSPS) is 10.7. The van der Waals surface area contributed by atoms with Gasteiger partial charge in [-0.25, -0.2) is 0 Å². The van der Waals surface area contributed by atoms with Gasteiger partial charge in [-0.1, -0.05) is 21.6 Å². The summed E-state index contributed by atoms with van der Waals surface area (Å²) in [6.45, 7) is 0. The molecule has 0 aliphatic heterocycles. The van der Waals surface area contributed by atoms with Crippen molar-refractivity contribution in [1.29, 1.82) is 0 Å². The van der Waals surface area contributed by atoms with Gasteiger partial charge in [-0.3, -0.25) is 0 Å². The number of halogens is 4. The van der Waals surface area contributed by atoms with Gasteiger partial charge in [0.2, 0.25) is 0 Å². The van der Waals surface area contributed by atoms with Crippen molar-refractivity contribution in [1.82, 2.24) is 0 Å². The molecule has 0 fully saturated rings. The third-order valence-corrected chi connectivity index (χ3v) is 8.16. The molecule has 2 aromatic carbocycles. The molecule has 0 aliphatic rings. The van der Waals surface area contributed by atoms with Crippen molar-refractivity contribution in [2.75, 3.05) is 0 Å². The zero-order valence-corrected chi connectivity index (χ0v) is 16.8. The first-order chi connectivity index (χ1) is 8.56. The second-order valence-corrected chi connectivity index (χ2v) is 9.01. The second kappa shape index (κ2) is 7.18. The summed E-state index contributed by atoms with van der Waals surface area (Å²) < 4.78 is 4.29. The lowest BCUT2D eigenvalue weighted by atomic mass is 10.4. The van der Waals surface area contributed by atoms with Gasteiger partial charge in [-0.15, -0.1) is 0 Å². The van der Waals surface area contributed by atoms with Gasteiger partial charge in [-0.2, -0.15) is 0 Å². The van der Waals surface area contributed by atoms with Gasteiger partial charge in [0.15, 0.2) is 0 Å². The molecule has 0 saturated heterocycles. The quantitative estimate of drug-likeness (QED) is 0.374. The highest BCUT2D eigenvalue weighted by Gasteiger charge is 2.03. The Morgan fingerprint density at radius 3 is 1.28 bits per heavy atom. The monoisotopic (exact) mass is 530 g/mol. The maximum Gasteiger partial charge on any atom is 0.0328 e. The van der Waals surface area contributed by atoms with Crippen molar-refractivity contribution in [3.05, 3.63) is 54.3 Å². The van der Waals surface area contributed by atoms with Crippen LogP contribution in [-0.4, -0.2) is 0 Å². The van der Waals surface area contributed by atoms with E-state index in [2.05, 4.69) is 88.0 Å². The molecular weight excluding hydrogens is 528 g/mol. The fourth-order valence-electron chi connectivity index (χ4n) is 1.15.